The van der Waals surface area contributed by atoms with E-state index < -0.39 is 12.1 Å². The van der Waals surface area contributed by atoms with Crippen molar-refractivity contribution >= 4 is 12.1 Å². The zero-order valence-corrected chi connectivity index (χ0v) is 12.2. The molecule has 0 atom stereocenters. The second kappa shape index (κ2) is 12.1. The Morgan fingerprint density at radius 1 is 0.714 bits per heavy atom. The lowest BCUT2D eigenvalue weighted by molar-refractivity contribution is 0.0763. The average molecular weight is 306 g/mol. The molecule has 0 unspecified atom stereocenters. The summed E-state index contributed by atoms with van der Waals surface area (Å²) in [6, 6.07) is -1.31. The van der Waals surface area contributed by atoms with Crippen LogP contribution in [0.15, 0.2) is 0 Å². The van der Waals surface area contributed by atoms with E-state index in [-0.39, 0.29) is 0 Å². The van der Waals surface area contributed by atoms with Crippen LogP contribution in [0.1, 0.15) is 19.3 Å². The Balaban J connectivity index is 3.19. The zero-order valence-electron chi connectivity index (χ0n) is 12.2. The van der Waals surface area contributed by atoms with Gasteiger partial charge in [0.05, 0.1) is 0 Å². The van der Waals surface area contributed by atoms with Crippen molar-refractivity contribution in [2.75, 3.05) is 39.5 Å². The van der Waals surface area contributed by atoms with E-state index in [0.717, 1.165) is 16.4 Å². The van der Waals surface area contributed by atoms with Crippen molar-refractivity contribution in [3.05, 3.63) is 0 Å². The number of carbonyl (C=O) groups is 2. The van der Waals surface area contributed by atoms with Crippen molar-refractivity contribution in [2.24, 2.45) is 23.2 Å². The summed E-state index contributed by atoms with van der Waals surface area (Å²) in [6.07, 6.45) is 2.00. The third-order valence-corrected chi connectivity index (χ3v) is 2.52. The number of nitrogens with two attached hydrogens (primary N) is 4. The molecule has 0 heterocycles. The highest BCUT2D eigenvalue weighted by Crippen LogP contribution is 1.91. The minimum absolute atomic E-state index is 0.362. The highest BCUT2D eigenvalue weighted by molar-refractivity contribution is 5.71. The molecule has 0 radical (unpaired) electrons. The molecule has 8 N–H and O–H groups in total. The first-order valence-corrected chi connectivity index (χ1v) is 6.74. The lowest BCUT2D eigenvalue weighted by Crippen LogP contribution is -2.42. The van der Waals surface area contributed by atoms with Crippen molar-refractivity contribution in [1.82, 2.24) is 10.0 Å². The van der Waals surface area contributed by atoms with Crippen LogP contribution in [0, 0.1) is 0 Å². The molecule has 0 aliphatic heterocycles. The van der Waals surface area contributed by atoms with Gasteiger partial charge in [-0.3, -0.25) is 10.0 Å². The number of hydrazine groups is 2. The first-order chi connectivity index (χ1) is 9.95. The Hall–Kier alpha value is -1.62. The quantitative estimate of drug-likeness (QED) is 0.151. The number of hydrogen-bond donors (Lipinski definition) is 4. The fourth-order valence-electron chi connectivity index (χ4n) is 1.36. The molecule has 0 saturated carbocycles. The van der Waals surface area contributed by atoms with E-state index in [1.807, 2.05) is 0 Å². The number of rotatable bonds is 12. The van der Waals surface area contributed by atoms with E-state index in [0.29, 0.717) is 52.4 Å². The molecule has 0 bridgehead atoms. The maximum Gasteiger partial charge on any atom is 0.328 e. The maximum absolute atomic E-state index is 10.6. The third kappa shape index (κ3) is 11.9. The monoisotopic (exact) mass is 306 g/mol. The van der Waals surface area contributed by atoms with Crippen LogP contribution in [-0.4, -0.2) is 61.6 Å². The van der Waals surface area contributed by atoms with Crippen molar-refractivity contribution in [3.63, 3.8) is 0 Å². The third-order valence-electron chi connectivity index (χ3n) is 2.52. The molecule has 124 valence electrons. The Morgan fingerprint density at radius 2 is 1.05 bits per heavy atom. The standard InChI is InChI=1S/C11H26N6O4/c12-10(18)16(14)4-1-6-20-8-3-9-21-7-2-5-17(15)11(13)19/h1-9,14-15H2,(H2,12,18)(H2,13,19). The largest absolute Gasteiger partial charge is 0.381 e. The number of urea groups is 2. The highest BCUT2D eigenvalue weighted by Gasteiger charge is 2.03. The first kappa shape index (κ1) is 19.4. The molecule has 21 heavy (non-hydrogen) atoms. The molecule has 0 aromatic rings. The summed E-state index contributed by atoms with van der Waals surface area (Å²) < 4.78 is 10.7. The molecule has 10 nitrogen and oxygen atoms in total. The van der Waals surface area contributed by atoms with Gasteiger partial charge in [0, 0.05) is 39.5 Å². The van der Waals surface area contributed by atoms with Crippen LogP contribution >= 0.6 is 0 Å². The number of nitrogens with zero attached hydrogens (tertiary/aromatic N) is 2. The lowest BCUT2D eigenvalue weighted by Gasteiger charge is -2.13. The van der Waals surface area contributed by atoms with Gasteiger partial charge in [0.2, 0.25) is 0 Å². The fraction of sp³-hybridized carbons (Fsp3) is 0.818. The summed E-state index contributed by atoms with van der Waals surface area (Å²) in [5.41, 5.74) is 9.92. The summed E-state index contributed by atoms with van der Waals surface area (Å²) in [5.74, 6) is 10.6. The van der Waals surface area contributed by atoms with Crippen LogP contribution in [0.2, 0.25) is 0 Å². The van der Waals surface area contributed by atoms with Crippen LogP contribution in [0.25, 0.3) is 0 Å². The molecular formula is C11H26N6O4. The number of ether oxygens (including phenoxy) is 2. The number of hydrogen-bond acceptors (Lipinski definition) is 6. The summed E-state index contributed by atoms with van der Waals surface area (Å²) in [4.78, 5) is 21.2. The smallest absolute Gasteiger partial charge is 0.328 e. The first-order valence-electron chi connectivity index (χ1n) is 6.74. The van der Waals surface area contributed by atoms with Gasteiger partial charge in [-0.05, 0) is 19.3 Å². The molecule has 0 aliphatic carbocycles. The molecular weight excluding hydrogens is 280 g/mol. The normalized spacial score (nSPS) is 10.4. The van der Waals surface area contributed by atoms with Crippen LogP contribution in [-0.2, 0) is 9.47 Å². The van der Waals surface area contributed by atoms with Crippen molar-refractivity contribution in [1.29, 1.82) is 0 Å². The van der Waals surface area contributed by atoms with Gasteiger partial charge in [-0.1, -0.05) is 0 Å². The van der Waals surface area contributed by atoms with Crippen molar-refractivity contribution < 1.29 is 19.1 Å². The van der Waals surface area contributed by atoms with E-state index in [1.165, 1.54) is 0 Å². The van der Waals surface area contributed by atoms with Gasteiger partial charge in [-0.25, -0.2) is 21.3 Å². The van der Waals surface area contributed by atoms with Gasteiger partial charge in [0.25, 0.3) is 0 Å². The topological polar surface area (TPSA) is 163 Å². The number of amides is 4. The van der Waals surface area contributed by atoms with Gasteiger partial charge < -0.3 is 20.9 Å². The minimum atomic E-state index is -0.657. The maximum atomic E-state index is 10.6. The predicted molar refractivity (Wildman–Crippen MR) is 76.4 cm³/mol. The predicted octanol–water partition coefficient (Wildman–Crippen LogP) is -1.30. The molecule has 0 rings (SSSR count). The van der Waals surface area contributed by atoms with E-state index in [4.69, 9.17) is 32.6 Å². The Kier molecular flexibility index (Phi) is 11.2. The lowest BCUT2D eigenvalue weighted by atomic mass is 10.4. The van der Waals surface area contributed by atoms with Crippen molar-refractivity contribution in [2.45, 2.75) is 19.3 Å². The van der Waals surface area contributed by atoms with Gasteiger partial charge in [-0.15, -0.1) is 0 Å². The van der Waals surface area contributed by atoms with Crippen LogP contribution in [0.5, 0.6) is 0 Å². The van der Waals surface area contributed by atoms with E-state index in [9.17, 15) is 9.59 Å². The van der Waals surface area contributed by atoms with Crippen LogP contribution in [0.3, 0.4) is 0 Å². The second-order valence-corrected chi connectivity index (χ2v) is 4.35. The summed E-state index contributed by atoms with van der Waals surface area (Å²) >= 11 is 0. The molecule has 0 saturated heterocycles. The molecule has 0 spiro atoms. The Morgan fingerprint density at radius 3 is 1.38 bits per heavy atom. The van der Waals surface area contributed by atoms with Gasteiger partial charge in [0.1, 0.15) is 0 Å². The molecule has 10 heteroatoms. The molecule has 0 aliphatic rings. The zero-order chi connectivity index (χ0) is 16.1. The summed E-state index contributed by atoms with van der Waals surface area (Å²) in [5, 5.41) is 1.89. The van der Waals surface area contributed by atoms with E-state index in [2.05, 4.69) is 0 Å². The SMILES string of the molecule is NC(=O)N(N)CCCOCCCOCCCN(N)C(N)=O. The van der Waals surface area contributed by atoms with Crippen LogP contribution < -0.4 is 23.2 Å². The molecule has 0 aromatic carbocycles. The van der Waals surface area contributed by atoms with E-state index >= 15 is 0 Å². The number of carbonyl (C=O) groups excluding carboxylic acids is 2. The fourth-order valence-corrected chi connectivity index (χ4v) is 1.36. The van der Waals surface area contributed by atoms with Crippen LogP contribution in [0.4, 0.5) is 9.59 Å². The van der Waals surface area contributed by atoms with E-state index in [1.54, 1.807) is 0 Å². The number of primary amides is 2. The average Bonchev–Trinajstić information content (AvgIpc) is 2.43. The minimum Gasteiger partial charge on any atom is -0.381 e. The molecule has 4 amide bonds. The van der Waals surface area contributed by atoms with Gasteiger partial charge in [0.15, 0.2) is 0 Å². The van der Waals surface area contributed by atoms with Crippen molar-refractivity contribution in [3.8, 4) is 0 Å². The highest BCUT2D eigenvalue weighted by atomic mass is 16.5. The Bertz CT molecular complexity index is 276. The molecule has 0 fully saturated rings. The van der Waals surface area contributed by atoms with Gasteiger partial charge >= 0.3 is 12.1 Å². The molecule has 0 aromatic heterocycles. The van der Waals surface area contributed by atoms with Gasteiger partial charge in [-0.2, -0.15) is 0 Å². The Labute approximate surface area is 124 Å². The summed E-state index contributed by atoms with van der Waals surface area (Å²) in [6.45, 7) is 2.85. The summed E-state index contributed by atoms with van der Waals surface area (Å²) in [7, 11) is 0. The second-order valence-electron chi connectivity index (χ2n) is 4.35.